The average Bonchev–Trinajstić information content (AvgIpc) is 3.03. The molecule has 3 heterocycles. The average molecular weight is 512 g/mol. The van der Waals surface area contributed by atoms with Crippen molar-refractivity contribution in [2.24, 2.45) is 4.99 Å². The van der Waals surface area contributed by atoms with Crippen LogP contribution < -0.4 is 15.5 Å². The van der Waals surface area contributed by atoms with E-state index in [0.717, 1.165) is 41.9 Å². The zero-order valence-electron chi connectivity index (χ0n) is 17.6. The van der Waals surface area contributed by atoms with Gasteiger partial charge in [0.25, 0.3) is 0 Å². The zero-order valence-corrected chi connectivity index (χ0v) is 20.0. The number of nitrogens with zero attached hydrogens (tertiary/aromatic N) is 4. The van der Waals surface area contributed by atoms with E-state index in [0.29, 0.717) is 19.0 Å². The molecule has 2 aromatic heterocycles. The van der Waals surface area contributed by atoms with Crippen LogP contribution in [0.15, 0.2) is 33.9 Å². The van der Waals surface area contributed by atoms with E-state index < -0.39 is 0 Å². The molecule has 0 saturated carbocycles. The second kappa shape index (κ2) is 12.0. The van der Waals surface area contributed by atoms with E-state index in [1.165, 1.54) is 25.7 Å². The minimum absolute atomic E-state index is 0. The van der Waals surface area contributed by atoms with E-state index in [1.54, 1.807) is 7.05 Å². The van der Waals surface area contributed by atoms with Crippen molar-refractivity contribution in [1.29, 1.82) is 0 Å². The maximum atomic E-state index is 5.35. The maximum absolute atomic E-state index is 5.35. The molecule has 7 nitrogen and oxygen atoms in total. The van der Waals surface area contributed by atoms with Crippen molar-refractivity contribution in [1.82, 2.24) is 20.8 Å². The van der Waals surface area contributed by atoms with E-state index in [4.69, 9.17) is 4.52 Å². The highest BCUT2D eigenvalue weighted by molar-refractivity contribution is 14.0. The Bertz CT molecular complexity index is 751. The van der Waals surface area contributed by atoms with Gasteiger partial charge in [-0.15, -0.1) is 24.0 Å². The standard InChI is InChI=1S/C21H32N6O.HI/c1-16(2)19-12-18(28-26-19)15-25-21(22-3)24-14-17-8-9-20(23-13-17)27-10-6-4-5-7-11-27;/h8-9,12-13,16H,4-7,10-11,14-15H2,1-3H3,(H2,22,24,25);1H. The number of anilines is 1. The lowest BCUT2D eigenvalue weighted by molar-refractivity contribution is 0.372. The molecule has 0 atom stereocenters. The second-order valence-corrected chi connectivity index (χ2v) is 7.58. The van der Waals surface area contributed by atoms with E-state index in [9.17, 15) is 0 Å². The van der Waals surface area contributed by atoms with Gasteiger partial charge in [0.05, 0.1) is 12.2 Å². The molecule has 1 saturated heterocycles. The molecular formula is C21H33IN6O. The van der Waals surface area contributed by atoms with Crippen molar-refractivity contribution < 1.29 is 4.52 Å². The molecular weight excluding hydrogens is 479 g/mol. The van der Waals surface area contributed by atoms with Crippen LogP contribution in [-0.2, 0) is 13.1 Å². The van der Waals surface area contributed by atoms with E-state index in [1.807, 2.05) is 12.3 Å². The van der Waals surface area contributed by atoms with Crippen LogP contribution in [0, 0.1) is 0 Å². The Labute approximate surface area is 190 Å². The molecule has 3 rings (SSSR count). The van der Waals surface area contributed by atoms with Crippen LogP contribution >= 0.6 is 24.0 Å². The number of aliphatic imine (C=N–C) groups is 1. The molecule has 0 bridgehead atoms. The van der Waals surface area contributed by atoms with Crippen molar-refractivity contribution in [3.8, 4) is 0 Å². The van der Waals surface area contributed by atoms with Gasteiger partial charge in [-0.25, -0.2) is 4.98 Å². The van der Waals surface area contributed by atoms with Crippen LogP contribution in [0.4, 0.5) is 5.82 Å². The lowest BCUT2D eigenvalue weighted by Crippen LogP contribution is -2.36. The largest absolute Gasteiger partial charge is 0.359 e. The number of hydrogen-bond donors (Lipinski definition) is 2. The first-order chi connectivity index (χ1) is 13.7. The quantitative estimate of drug-likeness (QED) is 0.346. The summed E-state index contributed by atoms with van der Waals surface area (Å²) in [5.41, 5.74) is 2.10. The monoisotopic (exact) mass is 512 g/mol. The summed E-state index contributed by atoms with van der Waals surface area (Å²) in [6, 6.07) is 6.25. The Kier molecular flexibility index (Phi) is 9.69. The first-order valence-electron chi connectivity index (χ1n) is 10.3. The molecule has 0 amide bonds. The Hall–Kier alpha value is -1.84. The molecule has 160 valence electrons. The van der Waals surface area contributed by atoms with Gasteiger partial charge >= 0.3 is 0 Å². The summed E-state index contributed by atoms with van der Waals surface area (Å²) in [7, 11) is 1.76. The zero-order chi connectivity index (χ0) is 19.8. The van der Waals surface area contributed by atoms with Crippen molar-refractivity contribution in [2.45, 2.75) is 58.5 Å². The fourth-order valence-electron chi connectivity index (χ4n) is 3.27. The Morgan fingerprint density at radius 2 is 1.86 bits per heavy atom. The molecule has 0 spiro atoms. The first-order valence-corrected chi connectivity index (χ1v) is 10.3. The summed E-state index contributed by atoms with van der Waals surface area (Å²) in [4.78, 5) is 11.3. The highest BCUT2D eigenvalue weighted by Gasteiger charge is 2.11. The van der Waals surface area contributed by atoms with Crippen LogP contribution in [0.2, 0.25) is 0 Å². The lowest BCUT2D eigenvalue weighted by atomic mass is 10.1. The predicted octanol–water partition coefficient (Wildman–Crippen LogP) is 4.06. The van der Waals surface area contributed by atoms with E-state index >= 15 is 0 Å². The van der Waals surface area contributed by atoms with Gasteiger partial charge in [-0.2, -0.15) is 0 Å². The van der Waals surface area contributed by atoms with Crippen molar-refractivity contribution in [3.05, 3.63) is 41.4 Å². The Balaban J connectivity index is 0.00000300. The van der Waals surface area contributed by atoms with Gasteiger partial charge in [0.2, 0.25) is 0 Å². The summed E-state index contributed by atoms with van der Waals surface area (Å²) >= 11 is 0. The summed E-state index contributed by atoms with van der Waals surface area (Å²) in [6.45, 7) is 7.64. The molecule has 0 radical (unpaired) electrons. The van der Waals surface area contributed by atoms with E-state index in [-0.39, 0.29) is 24.0 Å². The highest BCUT2D eigenvalue weighted by Crippen LogP contribution is 2.17. The van der Waals surface area contributed by atoms with Gasteiger partial charge in [-0.3, -0.25) is 4.99 Å². The van der Waals surface area contributed by atoms with Crippen LogP contribution in [-0.4, -0.2) is 36.2 Å². The molecule has 1 aliphatic heterocycles. The number of rotatable bonds is 6. The van der Waals surface area contributed by atoms with Gasteiger partial charge in [-0.1, -0.05) is 37.9 Å². The van der Waals surface area contributed by atoms with Crippen LogP contribution in [0.5, 0.6) is 0 Å². The number of guanidine groups is 1. The Morgan fingerprint density at radius 3 is 2.45 bits per heavy atom. The molecule has 1 fully saturated rings. The number of halogens is 1. The van der Waals surface area contributed by atoms with E-state index in [2.05, 4.69) is 56.6 Å². The smallest absolute Gasteiger partial charge is 0.191 e. The third-order valence-electron chi connectivity index (χ3n) is 5.02. The number of pyridine rings is 1. The van der Waals surface area contributed by atoms with Crippen LogP contribution in [0.1, 0.15) is 62.5 Å². The van der Waals surface area contributed by atoms with Crippen molar-refractivity contribution in [3.63, 3.8) is 0 Å². The summed E-state index contributed by atoms with van der Waals surface area (Å²) in [5, 5.41) is 10.7. The normalized spacial score (nSPS) is 15.0. The molecule has 8 heteroatoms. The minimum Gasteiger partial charge on any atom is -0.359 e. The van der Waals surface area contributed by atoms with Crippen molar-refractivity contribution in [2.75, 3.05) is 25.0 Å². The molecule has 0 unspecified atom stereocenters. The fourth-order valence-corrected chi connectivity index (χ4v) is 3.27. The molecule has 0 aromatic carbocycles. The number of hydrogen-bond acceptors (Lipinski definition) is 5. The second-order valence-electron chi connectivity index (χ2n) is 7.58. The summed E-state index contributed by atoms with van der Waals surface area (Å²) in [6.07, 6.45) is 7.13. The molecule has 29 heavy (non-hydrogen) atoms. The maximum Gasteiger partial charge on any atom is 0.191 e. The van der Waals surface area contributed by atoms with Crippen molar-refractivity contribution >= 4 is 35.8 Å². The minimum atomic E-state index is 0. The first kappa shape index (κ1) is 23.4. The fraction of sp³-hybridized carbons (Fsp3) is 0.571. The van der Waals surface area contributed by atoms with Gasteiger partial charge in [0.15, 0.2) is 11.7 Å². The molecule has 2 aromatic rings. The topological polar surface area (TPSA) is 78.6 Å². The van der Waals surface area contributed by atoms with Crippen LogP contribution in [0.3, 0.4) is 0 Å². The number of nitrogens with one attached hydrogen (secondary N) is 2. The molecule has 2 N–H and O–H groups in total. The third kappa shape index (κ3) is 7.17. The van der Waals surface area contributed by atoms with Crippen LogP contribution in [0.25, 0.3) is 0 Å². The highest BCUT2D eigenvalue weighted by atomic mass is 127. The van der Waals surface area contributed by atoms with Gasteiger partial charge in [0, 0.05) is 38.9 Å². The molecule has 1 aliphatic rings. The summed E-state index contributed by atoms with van der Waals surface area (Å²) < 4.78 is 5.35. The third-order valence-corrected chi connectivity index (χ3v) is 5.02. The lowest BCUT2D eigenvalue weighted by Gasteiger charge is -2.21. The van der Waals surface area contributed by atoms with Gasteiger partial charge in [0.1, 0.15) is 5.82 Å². The number of aromatic nitrogens is 2. The van der Waals surface area contributed by atoms with Gasteiger partial charge < -0.3 is 20.1 Å². The Morgan fingerprint density at radius 1 is 1.14 bits per heavy atom. The predicted molar refractivity (Wildman–Crippen MR) is 128 cm³/mol. The summed E-state index contributed by atoms with van der Waals surface area (Å²) in [5.74, 6) is 2.97. The SMILES string of the molecule is CN=C(NCc1ccc(N2CCCCCC2)nc1)NCc1cc(C(C)C)no1.I. The molecule has 0 aliphatic carbocycles. The van der Waals surface area contributed by atoms with Gasteiger partial charge in [-0.05, 0) is 30.4 Å².